The van der Waals surface area contributed by atoms with Gasteiger partial charge in [0.1, 0.15) is 12.1 Å². The molecule has 178 valence electrons. The number of ether oxygens (including phenoxy) is 1. The molecule has 5 rings (SSSR count). The summed E-state index contributed by atoms with van der Waals surface area (Å²) >= 11 is 0. The molecule has 0 spiro atoms. The van der Waals surface area contributed by atoms with Crippen LogP contribution in [0.5, 0.6) is 5.75 Å². The third kappa shape index (κ3) is 3.92. The summed E-state index contributed by atoms with van der Waals surface area (Å²) in [4.78, 5) is 14.8. The Kier molecular flexibility index (Phi) is 5.55. The number of fused-ring (bicyclic) bond motifs is 1. The van der Waals surface area contributed by atoms with Crippen LogP contribution >= 0.6 is 0 Å². The van der Waals surface area contributed by atoms with Crippen molar-refractivity contribution in [1.82, 2.24) is 14.8 Å². The zero-order valence-corrected chi connectivity index (χ0v) is 19.0. The number of amides is 1. The van der Waals surface area contributed by atoms with Crippen LogP contribution in [0.4, 0.5) is 18.9 Å². The van der Waals surface area contributed by atoms with E-state index in [4.69, 9.17) is 4.74 Å². The fraction of sp³-hybridized carbons (Fsp3) is 0.192. The number of anilines is 1. The van der Waals surface area contributed by atoms with Gasteiger partial charge in [-0.1, -0.05) is 36.4 Å². The molecule has 4 aromatic rings. The molecule has 35 heavy (non-hydrogen) atoms. The van der Waals surface area contributed by atoms with E-state index in [1.165, 1.54) is 23.4 Å². The van der Waals surface area contributed by atoms with Gasteiger partial charge in [-0.05, 0) is 41.8 Å². The van der Waals surface area contributed by atoms with Crippen molar-refractivity contribution in [2.45, 2.75) is 19.6 Å². The van der Waals surface area contributed by atoms with Crippen LogP contribution in [0.2, 0.25) is 0 Å². The Morgan fingerprint density at radius 1 is 1.03 bits per heavy atom. The van der Waals surface area contributed by atoms with Gasteiger partial charge in [-0.25, -0.2) is 0 Å². The van der Waals surface area contributed by atoms with Crippen molar-refractivity contribution in [2.75, 3.05) is 11.5 Å². The maximum Gasteiger partial charge on any atom is 0.416 e. The molecular formula is C26H21F3N4O2. The molecule has 0 saturated heterocycles. The zero-order valence-electron chi connectivity index (χ0n) is 19.0. The van der Waals surface area contributed by atoms with Crippen molar-refractivity contribution >= 4 is 11.6 Å². The van der Waals surface area contributed by atoms with Gasteiger partial charge in [-0.3, -0.25) is 4.79 Å². The number of rotatable bonds is 5. The number of hydrogen-bond donors (Lipinski definition) is 0. The van der Waals surface area contributed by atoms with E-state index < -0.39 is 17.6 Å². The van der Waals surface area contributed by atoms with Crippen LogP contribution in [-0.2, 0) is 19.8 Å². The second-order valence-electron chi connectivity index (χ2n) is 8.15. The van der Waals surface area contributed by atoms with Crippen molar-refractivity contribution < 1.29 is 22.7 Å². The van der Waals surface area contributed by atoms with E-state index in [1.807, 2.05) is 43.3 Å². The van der Waals surface area contributed by atoms with Crippen LogP contribution < -0.4 is 9.64 Å². The fourth-order valence-corrected chi connectivity index (χ4v) is 4.45. The van der Waals surface area contributed by atoms with Gasteiger partial charge >= 0.3 is 6.18 Å². The minimum atomic E-state index is -4.57. The summed E-state index contributed by atoms with van der Waals surface area (Å²) in [6.07, 6.45) is -3.04. The number of carbonyl (C=O) groups is 1. The standard InChI is InChI=1S/C26H21F3N4O2/c1-3-35-17-12-19(16-8-5-4-6-9-16)23(24-31-30-15-32(24)2)22(13-17)33-14-20-18(25(33)34)10-7-11-21(20)26(27,28)29/h4-13,15H,3,14H2,1-2H3. The molecule has 0 aliphatic carbocycles. The molecule has 6 nitrogen and oxygen atoms in total. The first-order valence-electron chi connectivity index (χ1n) is 11.0. The van der Waals surface area contributed by atoms with Gasteiger partial charge in [0.05, 0.1) is 30.0 Å². The van der Waals surface area contributed by atoms with E-state index >= 15 is 0 Å². The van der Waals surface area contributed by atoms with Gasteiger partial charge in [0.15, 0.2) is 5.82 Å². The maximum atomic E-state index is 13.7. The summed E-state index contributed by atoms with van der Waals surface area (Å²) in [5.74, 6) is 0.455. The first-order valence-corrected chi connectivity index (χ1v) is 11.0. The fourth-order valence-electron chi connectivity index (χ4n) is 4.45. The first-order chi connectivity index (χ1) is 16.8. The van der Waals surface area contributed by atoms with E-state index in [-0.39, 0.29) is 17.7 Å². The van der Waals surface area contributed by atoms with Gasteiger partial charge < -0.3 is 14.2 Å². The lowest BCUT2D eigenvalue weighted by molar-refractivity contribution is -0.138. The molecule has 0 bridgehead atoms. The van der Waals surface area contributed by atoms with E-state index in [0.717, 1.165) is 17.2 Å². The molecule has 0 N–H and O–H groups in total. The average Bonchev–Trinajstić information content (AvgIpc) is 3.41. The van der Waals surface area contributed by atoms with Gasteiger partial charge in [0.25, 0.3) is 5.91 Å². The predicted molar refractivity (Wildman–Crippen MR) is 125 cm³/mol. The SMILES string of the molecule is CCOc1cc(-c2ccccc2)c(-c2nncn2C)c(N2Cc3c(cccc3C(F)(F)F)C2=O)c1. The van der Waals surface area contributed by atoms with Crippen LogP contribution in [0.15, 0.2) is 67.0 Å². The Morgan fingerprint density at radius 3 is 2.46 bits per heavy atom. The zero-order chi connectivity index (χ0) is 24.7. The summed E-state index contributed by atoms with van der Waals surface area (Å²) in [7, 11) is 1.77. The number of halogens is 3. The van der Waals surface area contributed by atoms with Gasteiger partial charge in [0, 0.05) is 18.7 Å². The second-order valence-corrected chi connectivity index (χ2v) is 8.15. The summed E-state index contributed by atoms with van der Waals surface area (Å²) in [5.41, 5.74) is 1.73. The van der Waals surface area contributed by atoms with Crippen LogP contribution in [-0.4, -0.2) is 27.3 Å². The van der Waals surface area contributed by atoms with Crippen molar-refractivity contribution in [3.05, 3.63) is 83.7 Å². The molecule has 1 aromatic heterocycles. The second kappa shape index (κ2) is 8.57. The summed E-state index contributed by atoms with van der Waals surface area (Å²) in [6, 6.07) is 16.7. The number of aryl methyl sites for hydroxylation is 1. The summed E-state index contributed by atoms with van der Waals surface area (Å²) in [6.45, 7) is 1.99. The van der Waals surface area contributed by atoms with Crippen LogP contribution in [0.3, 0.4) is 0 Å². The van der Waals surface area contributed by atoms with Crippen LogP contribution in [0.25, 0.3) is 22.5 Å². The lowest BCUT2D eigenvalue weighted by Crippen LogP contribution is -2.24. The van der Waals surface area contributed by atoms with Crippen molar-refractivity contribution in [2.24, 2.45) is 7.05 Å². The van der Waals surface area contributed by atoms with Gasteiger partial charge in [0.2, 0.25) is 0 Å². The van der Waals surface area contributed by atoms with E-state index in [0.29, 0.717) is 29.4 Å². The molecule has 2 heterocycles. The highest BCUT2D eigenvalue weighted by Crippen LogP contribution is 2.45. The number of alkyl halides is 3. The van der Waals surface area contributed by atoms with E-state index in [9.17, 15) is 18.0 Å². The molecular weight excluding hydrogens is 457 g/mol. The third-order valence-electron chi connectivity index (χ3n) is 5.99. The molecule has 1 amide bonds. The minimum Gasteiger partial charge on any atom is -0.494 e. The van der Waals surface area contributed by atoms with Crippen molar-refractivity contribution in [3.8, 4) is 28.3 Å². The number of carbonyl (C=O) groups excluding carboxylic acids is 1. The maximum absolute atomic E-state index is 13.7. The minimum absolute atomic E-state index is 0.0341. The number of benzene rings is 3. The lowest BCUT2D eigenvalue weighted by Gasteiger charge is -2.23. The summed E-state index contributed by atoms with van der Waals surface area (Å²) < 4.78 is 48.7. The van der Waals surface area contributed by atoms with Crippen LogP contribution in [0.1, 0.15) is 28.4 Å². The van der Waals surface area contributed by atoms with Crippen molar-refractivity contribution in [3.63, 3.8) is 0 Å². The van der Waals surface area contributed by atoms with Crippen LogP contribution in [0, 0.1) is 0 Å². The molecule has 0 fully saturated rings. The van der Waals surface area contributed by atoms with Gasteiger partial charge in [-0.2, -0.15) is 13.2 Å². The first kappa shape index (κ1) is 22.6. The average molecular weight is 478 g/mol. The molecule has 0 radical (unpaired) electrons. The lowest BCUT2D eigenvalue weighted by atomic mass is 9.96. The predicted octanol–water partition coefficient (Wildman–Crippen LogP) is 5.73. The molecule has 1 aliphatic heterocycles. The monoisotopic (exact) mass is 478 g/mol. The highest BCUT2D eigenvalue weighted by Gasteiger charge is 2.40. The third-order valence-corrected chi connectivity index (χ3v) is 5.99. The number of nitrogens with zero attached hydrogens (tertiary/aromatic N) is 4. The molecule has 0 atom stereocenters. The van der Waals surface area contributed by atoms with E-state index in [2.05, 4.69) is 10.2 Å². The Bertz CT molecular complexity index is 1410. The molecule has 0 unspecified atom stereocenters. The molecule has 9 heteroatoms. The molecule has 0 saturated carbocycles. The number of hydrogen-bond acceptors (Lipinski definition) is 4. The van der Waals surface area contributed by atoms with E-state index in [1.54, 1.807) is 17.7 Å². The molecule has 3 aromatic carbocycles. The Labute approximate surface area is 199 Å². The summed E-state index contributed by atoms with van der Waals surface area (Å²) in [5, 5.41) is 8.26. The number of aromatic nitrogens is 3. The normalized spacial score (nSPS) is 13.3. The quantitative estimate of drug-likeness (QED) is 0.368. The Balaban J connectivity index is 1.77. The Morgan fingerprint density at radius 2 is 1.80 bits per heavy atom. The van der Waals surface area contributed by atoms with Crippen molar-refractivity contribution in [1.29, 1.82) is 0 Å². The Hall–Kier alpha value is -4.14. The van der Waals surface area contributed by atoms with Gasteiger partial charge in [-0.15, -0.1) is 10.2 Å². The molecule has 1 aliphatic rings. The highest BCUT2D eigenvalue weighted by molar-refractivity contribution is 6.13. The highest BCUT2D eigenvalue weighted by atomic mass is 19.4. The smallest absolute Gasteiger partial charge is 0.416 e. The largest absolute Gasteiger partial charge is 0.494 e. The topological polar surface area (TPSA) is 60.3 Å².